The van der Waals surface area contributed by atoms with Gasteiger partial charge in [-0.05, 0) is 60.0 Å². The molecule has 0 atom stereocenters. The first-order chi connectivity index (χ1) is 9.94. The molecule has 0 aromatic carbocycles. The highest BCUT2D eigenvalue weighted by Crippen LogP contribution is 2.30. The van der Waals surface area contributed by atoms with Gasteiger partial charge in [0.2, 0.25) is 0 Å². The van der Waals surface area contributed by atoms with Gasteiger partial charge in [-0.15, -0.1) is 11.3 Å². The van der Waals surface area contributed by atoms with E-state index in [1.165, 1.54) is 11.3 Å². The standard InChI is InChI=1S/C13H18BrNO4S2/c1-2-19-12(16)9-3-5-10(6-4-9)15-21(17,18)13-11(14)7-8-20-13/h7-10,15H,2-6H2,1H3. The molecule has 0 unspecified atom stereocenters. The van der Waals surface area contributed by atoms with Gasteiger partial charge in [-0.1, -0.05) is 0 Å². The Morgan fingerprint density at radius 1 is 1.43 bits per heavy atom. The number of hydrogen-bond donors (Lipinski definition) is 1. The van der Waals surface area contributed by atoms with E-state index in [2.05, 4.69) is 20.7 Å². The fraction of sp³-hybridized carbons (Fsp3) is 0.615. The van der Waals surface area contributed by atoms with Crippen molar-refractivity contribution in [3.63, 3.8) is 0 Å². The zero-order valence-corrected chi connectivity index (χ0v) is 14.9. The third kappa shape index (κ3) is 4.28. The van der Waals surface area contributed by atoms with Gasteiger partial charge in [0.1, 0.15) is 4.21 Å². The molecule has 0 bridgehead atoms. The Labute approximate surface area is 137 Å². The minimum absolute atomic E-state index is 0.0980. The van der Waals surface area contributed by atoms with Crippen LogP contribution in [-0.2, 0) is 19.6 Å². The highest BCUT2D eigenvalue weighted by atomic mass is 79.9. The fourth-order valence-corrected chi connectivity index (χ4v) is 6.11. The molecule has 0 saturated heterocycles. The van der Waals surface area contributed by atoms with E-state index in [1.807, 2.05) is 0 Å². The van der Waals surface area contributed by atoms with Crippen molar-refractivity contribution in [2.45, 2.75) is 42.9 Å². The Morgan fingerprint density at radius 3 is 2.62 bits per heavy atom. The topological polar surface area (TPSA) is 72.5 Å². The highest BCUT2D eigenvalue weighted by molar-refractivity contribution is 9.10. The third-order valence-electron chi connectivity index (χ3n) is 3.50. The summed E-state index contributed by atoms with van der Waals surface area (Å²) < 4.78 is 33.2. The van der Waals surface area contributed by atoms with Gasteiger partial charge in [0.25, 0.3) is 10.0 Å². The number of rotatable bonds is 5. The number of sulfonamides is 1. The van der Waals surface area contributed by atoms with Crippen molar-refractivity contribution < 1.29 is 17.9 Å². The third-order valence-corrected chi connectivity index (χ3v) is 7.69. The van der Waals surface area contributed by atoms with E-state index in [9.17, 15) is 13.2 Å². The Balaban J connectivity index is 1.92. The summed E-state index contributed by atoms with van der Waals surface area (Å²) in [5.74, 6) is -0.265. The number of carbonyl (C=O) groups is 1. The van der Waals surface area contributed by atoms with Crippen molar-refractivity contribution in [3.8, 4) is 0 Å². The van der Waals surface area contributed by atoms with E-state index in [-0.39, 0.29) is 17.9 Å². The molecule has 0 aliphatic heterocycles. The molecule has 0 spiro atoms. The summed E-state index contributed by atoms with van der Waals surface area (Å²) in [5.41, 5.74) is 0. The predicted octanol–water partition coefficient (Wildman–Crippen LogP) is 2.91. The van der Waals surface area contributed by atoms with E-state index in [4.69, 9.17) is 4.74 Å². The summed E-state index contributed by atoms with van der Waals surface area (Å²) in [5, 5.41) is 1.73. The van der Waals surface area contributed by atoms with Crippen LogP contribution < -0.4 is 4.72 Å². The SMILES string of the molecule is CCOC(=O)C1CCC(NS(=O)(=O)c2sccc2Br)CC1. The second-order valence-electron chi connectivity index (χ2n) is 4.98. The predicted molar refractivity (Wildman–Crippen MR) is 84.7 cm³/mol. The first-order valence-corrected chi connectivity index (χ1v) is 10.0. The van der Waals surface area contributed by atoms with Crippen LogP contribution >= 0.6 is 27.3 Å². The highest BCUT2D eigenvalue weighted by Gasteiger charge is 2.30. The molecule has 1 aromatic heterocycles. The molecule has 1 aliphatic carbocycles. The normalized spacial score (nSPS) is 23.0. The summed E-state index contributed by atoms with van der Waals surface area (Å²) in [4.78, 5) is 11.7. The average molecular weight is 396 g/mol. The summed E-state index contributed by atoms with van der Waals surface area (Å²) >= 11 is 4.43. The molecule has 1 aromatic rings. The molecule has 1 N–H and O–H groups in total. The molecule has 8 heteroatoms. The molecule has 0 radical (unpaired) electrons. The monoisotopic (exact) mass is 395 g/mol. The van der Waals surface area contributed by atoms with Crippen molar-refractivity contribution in [2.75, 3.05) is 6.61 Å². The second-order valence-corrected chi connectivity index (χ2v) is 8.66. The van der Waals surface area contributed by atoms with E-state index in [0.29, 0.717) is 41.0 Å². The lowest BCUT2D eigenvalue weighted by atomic mass is 9.86. The number of nitrogens with one attached hydrogen (secondary N) is 1. The fourth-order valence-electron chi connectivity index (χ4n) is 2.45. The maximum Gasteiger partial charge on any atom is 0.308 e. The molecule has 21 heavy (non-hydrogen) atoms. The lowest BCUT2D eigenvalue weighted by Crippen LogP contribution is -2.38. The Morgan fingerprint density at radius 2 is 2.10 bits per heavy atom. The number of carbonyl (C=O) groups excluding carboxylic acids is 1. The number of esters is 1. The van der Waals surface area contributed by atoms with Crippen LogP contribution in [0.5, 0.6) is 0 Å². The van der Waals surface area contributed by atoms with Gasteiger partial charge < -0.3 is 4.74 Å². The van der Waals surface area contributed by atoms with Crippen molar-refractivity contribution in [1.29, 1.82) is 0 Å². The number of ether oxygens (including phenoxy) is 1. The maximum atomic E-state index is 12.3. The van der Waals surface area contributed by atoms with Gasteiger partial charge in [0.05, 0.1) is 12.5 Å². The van der Waals surface area contributed by atoms with Crippen LogP contribution in [0.3, 0.4) is 0 Å². The van der Waals surface area contributed by atoms with E-state index in [0.717, 1.165) is 0 Å². The Kier molecular flexibility index (Phi) is 5.81. The molecule has 0 amide bonds. The molecule has 1 aliphatic rings. The lowest BCUT2D eigenvalue weighted by molar-refractivity contribution is -0.149. The Hall–Kier alpha value is -0.440. The van der Waals surface area contributed by atoms with Crippen LogP contribution in [0.15, 0.2) is 20.1 Å². The van der Waals surface area contributed by atoms with Crippen LogP contribution in [0.1, 0.15) is 32.6 Å². The van der Waals surface area contributed by atoms with Gasteiger partial charge in [-0.25, -0.2) is 13.1 Å². The van der Waals surface area contributed by atoms with Gasteiger partial charge in [0, 0.05) is 10.5 Å². The maximum absolute atomic E-state index is 12.3. The molecule has 1 heterocycles. The van der Waals surface area contributed by atoms with Crippen LogP contribution in [0.4, 0.5) is 0 Å². The van der Waals surface area contributed by atoms with Crippen molar-refractivity contribution in [3.05, 3.63) is 15.9 Å². The zero-order valence-electron chi connectivity index (χ0n) is 11.7. The summed E-state index contributed by atoms with van der Waals surface area (Å²) in [7, 11) is -3.49. The molecule has 5 nitrogen and oxygen atoms in total. The number of hydrogen-bond acceptors (Lipinski definition) is 5. The number of thiophene rings is 1. The lowest BCUT2D eigenvalue weighted by Gasteiger charge is -2.27. The van der Waals surface area contributed by atoms with Crippen LogP contribution in [0.2, 0.25) is 0 Å². The van der Waals surface area contributed by atoms with E-state index in [1.54, 1.807) is 18.4 Å². The van der Waals surface area contributed by atoms with Gasteiger partial charge in [-0.3, -0.25) is 4.79 Å². The first-order valence-electron chi connectivity index (χ1n) is 6.86. The molecule has 118 valence electrons. The van der Waals surface area contributed by atoms with Gasteiger partial charge in [0.15, 0.2) is 0 Å². The van der Waals surface area contributed by atoms with Crippen molar-refractivity contribution in [2.24, 2.45) is 5.92 Å². The molecular weight excluding hydrogens is 378 g/mol. The largest absolute Gasteiger partial charge is 0.466 e. The summed E-state index contributed by atoms with van der Waals surface area (Å²) in [6.07, 6.45) is 2.65. The minimum atomic E-state index is -3.49. The summed E-state index contributed by atoms with van der Waals surface area (Å²) in [6, 6.07) is 1.60. The quantitative estimate of drug-likeness (QED) is 0.777. The average Bonchev–Trinajstić information content (AvgIpc) is 2.86. The Bertz CT molecular complexity index is 591. The summed E-state index contributed by atoms with van der Waals surface area (Å²) in [6.45, 7) is 2.17. The number of halogens is 1. The van der Waals surface area contributed by atoms with Crippen molar-refractivity contribution in [1.82, 2.24) is 4.72 Å². The van der Waals surface area contributed by atoms with Crippen LogP contribution in [0.25, 0.3) is 0 Å². The molecule has 1 saturated carbocycles. The van der Waals surface area contributed by atoms with Crippen molar-refractivity contribution >= 4 is 43.3 Å². The second kappa shape index (κ2) is 7.21. The first kappa shape index (κ1) is 16.9. The van der Waals surface area contributed by atoms with E-state index < -0.39 is 10.0 Å². The molecular formula is C13H18BrNO4S2. The molecule has 2 rings (SSSR count). The smallest absolute Gasteiger partial charge is 0.308 e. The van der Waals surface area contributed by atoms with Crippen LogP contribution in [0, 0.1) is 5.92 Å². The van der Waals surface area contributed by atoms with Crippen LogP contribution in [-0.4, -0.2) is 27.0 Å². The van der Waals surface area contributed by atoms with Gasteiger partial charge in [-0.2, -0.15) is 0 Å². The van der Waals surface area contributed by atoms with Gasteiger partial charge >= 0.3 is 5.97 Å². The zero-order chi connectivity index (χ0) is 15.5. The molecule has 1 fully saturated rings. The van der Waals surface area contributed by atoms with E-state index >= 15 is 0 Å². The minimum Gasteiger partial charge on any atom is -0.466 e.